The summed E-state index contributed by atoms with van der Waals surface area (Å²) in [7, 11) is 0. The largest absolute Gasteiger partial charge is 0.458 e. The van der Waals surface area contributed by atoms with Crippen LogP contribution >= 0.6 is 0 Å². The predicted molar refractivity (Wildman–Crippen MR) is 256 cm³/mol. The Balaban J connectivity index is 1.08. The zero-order valence-corrected chi connectivity index (χ0v) is 34.4. The Bertz CT molecular complexity index is 3210. The van der Waals surface area contributed by atoms with Gasteiger partial charge in [0.1, 0.15) is 28.6 Å². The van der Waals surface area contributed by atoms with Crippen molar-refractivity contribution in [1.29, 1.82) is 0 Å². The topological polar surface area (TPSA) is 34.8 Å². The molecular formula is C57H40BNO3. The van der Waals surface area contributed by atoms with E-state index in [0.717, 1.165) is 112 Å². The third-order valence-corrected chi connectivity index (χ3v) is 12.6. The van der Waals surface area contributed by atoms with Crippen molar-refractivity contribution in [3.63, 3.8) is 0 Å². The Labute approximate surface area is 361 Å². The Morgan fingerprint density at radius 2 is 0.952 bits per heavy atom. The summed E-state index contributed by atoms with van der Waals surface area (Å²) in [4.78, 5) is 2.29. The van der Waals surface area contributed by atoms with Gasteiger partial charge in [0, 0.05) is 39.6 Å². The van der Waals surface area contributed by atoms with Gasteiger partial charge in [0.15, 0.2) is 5.58 Å². The number of para-hydroxylation sites is 2. The van der Waals surface area contributed by atoms with E-state index in [4.69, 9.17) is 13.9 Å². The normalized spacial score (nSPS) is 12.4. The molecule has 0 aliphatic carbocycles. The number of furan rings is 1. The molecule has 0 amide bonds. The molecule has 4 nitrogen and oxygen atoms in total. The molecule has 0 radical (unpaired) electrons. The minimum atomic E-state index is -0.0924. The second kappa shape index (κ2) is 14.5. The fourth-order valence-corrected chi connectivity index (χ4v) is 9.49. The van der Waals surface area contributed by atoms with Crippen molar-refractivity contribution >= 4 is 62.1 Å². The van der Waals surface area contributed by atoms with Crippen LogP contribution in [0.1, 0.15) is 25.3 Å². The minimum absolute atomic E-state index is 0.0924. The number of benzene rings is 9. The van der Waals surface area contributed by atoms with Crippen LogP contribution in [0.2, 0.25) is 0 Å². The van der Waals surface area contributed by atoms with E-state index in [9.17, 15) is 0 Å². The third-order valence-electron chi connectivity index (χ3n) is 12.6. The van der Waals surface area contributed by atoms with Crippen LogP contribution in [-0.4, -0.2) is 6.71 Å². The van der Waals surface area contributed by atoms with Crippen LogP contribution in [0.25, 0.3) is 55.3 Å². The maximum Gasteiger partial charge on any atom is 0.260 e. The molecule has 12 rings (SSSR count). The fourth-order valence-electron chi connectivity index (χ4n) is 9.49. The molecule has 1 aromatic heterocycles. The standard InChI is InChI=1S/C57H40BNO3/c1-36(2)37-24-28-43(29-25-37)59(50-23-13-22-47-46-21-12-20-45(56(46)62-57(47)50)40-18-10-5-11-19-40)44-34-53-55-54(35-44)61-52-33-42(39-16-8-4-9-17-39)27-31-49(52)58(55)48-30-26-41(32-51(48)60-53)38-14-6-3-7-15-38/h3-36H,1-2H3. The summed E-state index contributed by atoms with van der Waals surface area (Å²) < 4.78 is 21.2. The maximum absolute atomic E-state index is 7.08. The van der Waals surface area contributed by atoms with Gasteiger partial charge in [0.05, 0.1) is 11.4 Å². The summed E-state index contributed by atoms with van der Waals surface area (Å²) in [5.74, 6) is 3.61. The van der Waals surface area contributed by atoms with E-state index in [2.05, 4.69) is 213 Å². The molecule has 294 valence electrons. The highest BCUT2D eigenvalue weighted by Crippen LogP contribution is 2.47. The molecule has 0 bridgehead atoms. The molecule has 0 saturated carbocycles. The van der Waals surface area contributed by atoms with Gasteiger partial charge in [-0.25, -0.2) is 0 Å². The molecule has 0 N–H and O–H groups in total. The molecule has 0 spiro atoms. The SMILES string of the molecule is CC(C)c1ccc(N(c2cc3c4c(c2)Oc2cc(-c5ccccc5)ccc2B4c2ccc(-c4ccccc4)cc2O3)c2cccc3c2oc2c(-c4ccccc4)cccc23)cc1. The number of hydrogen-bond donors (Lipinski definition) is 0. The van der Waals surface area contributed by atoms with Crippen molar-refractivity contribution < 1.29 is 13.9 Å². The molecule has 3 heterocycles. The number of ether oxygens (including phenoxy) is 2. The van der Waals surface area contributed by atoms with Crippen molar-refractivity contribution in [3.8, 4) is 56.4 Å². The van der Waals surface area contributed by atoms with E-state index < -0.39 is 0 Å². The van der Waals surface area contributed by atoms with Gasteiger partial charge < -0.3 is 18.8 Å². The summed E-state index contributed by atoms with van der Waals surface area (Å²) in [5, 5.41) is 2.13. The Hall–Kier alpha value is -7.76. The first kappa shape index (κ1) is 36.1. The van der Waals surface area contributed by atoms with Crippen LogP contribution in [0.4, 0.5) is 17.1 Å². The summed E-state index contributed by atoms with van der Waals surface area (Å²) in [6, 6.07) is 70.9. The van der Waals surface area contributed by atoms with Gasteiger partial charge in [-0.15, -0.1) is 0 Å². The van der Waals surface area contributed by atoms with Crippen LogP contribution in [-0.2, 0) is 0 Å². The van der Waals surface area contributed by atoms with Crippen molar-refractivity contribution in [2.24, 2.45) is 0 Å². The van der Waals surface area contributed by atoms with Gasteiger partial charge in [-0.3, -0.25) is 0 Å². The molecule has 0 fully saturated rings. The van der Waals surface area contributed by atoms with Gasteiger partial charge in [-0.2, -0.15) is 0 Å². The van der Waals surface area contributed by atoms with Crippen LogP contribution in [0, 0.1) is 0 Å². The molecule has 2 aliphatic heterocycles. The summed E-state index contributed by atoms with van der Waals surface area (Å²) in [6.07, 6.45) is 0. The van der Waals surface area contributed by atoms with E-state index >= 15 is 0 Å². The molecule has 2 aliphatic rings. The average molecular weight is 798 g/mol. The van der Waals surface area contributed by atoms with E-state index in [1.165, 1.54) is 5.56 Å². The second-order valence-electron chi connectivity index (χ2n) is 16.6. The summed E-state index contributed by atoms with van der Waals surface area (Å²) >= 11 is 0. The lowest BCUT2D eigenvalue weighted by Crippen LogP contribution is -2.57. The Morgan fingerprint density at radius 3 is 1.52 bits per heavy atom. The van der Waals surface area contributed by atoms with Gasteiger partial charge in [-0.05, 0) is 80.6 Å². The molecule has 62 heavy (non-hydrogen) atoms. The molecular weight excluding hydrogens is 757 g/mol. The van der Waals surface area contributed by atoms with Gasteiger partial charge in [0.25, 0.3) is 6.71 Å². The lowest BCUT2D eigenvalue weighted by Gasteiger charge is -2.35. The van der Waals surface area contributed by atoms with E-state index in [-0.39, 0.29) is 6.71 Å². The molecule has 9 aromatic carbocycles. The van der Waals surface area contributed by atoms with Crippen molar-refractivity contribution in [3.05, 3.63) is 206 Å². The summed E-state index contributed by atoms with van der Waals surface area (Å²) in [5.41, 5.74) is 15.7. The molecule has 0 unspecified atom stereocenters. The van der Waals surface area contributed by atoms with E-state index in [0.29, 0.717) is 5.92 Å². The third kappa shape index (κ3) is 5.92. The average Bonchev–Trinajstić information content (AvgIpc) is 3.72. The number of nitrogens with zero attached hydrogens (tertiary/aromatic N) is 1. The molecule has 0 saturated heterocycles. The lowest BCUT2D eigenvalue weighted by atomic mass is 9.34. The highest BCUT2D eigenvalue weighted by Gasteiger charge is 2.41. The number of fused-ring (bicyclic) bond motifs is 7. The second-order valence-corrected chi connectivity index (χ2v) is 16.6. The van der Waals surface area contributed by atoms with Crippen molar-refractivity contribution in [1.82, 2.24) is 0 Å². The first-order valence-corrected chi connectivity index (χ1v) is 21.4. The summed E-state index contributed by atoms with van der Waals surface area (Å²) in [6.45, 7) is 4.37. The van der Waals surface area contributed by atoms with E-state index in [1.807, 2.05) is 6.07 Å². The smallest absolute Gasteiger partial charge is 0.260 e. The van der Waals surface area contributed by atoms with Crippen LogP contribution < -0.4 is 30.8 Å². The van der Waals surface area contributed by atoms with Crippen molar-refractivity contribution in [2.45, 2.75) is 19.8 Å². The zero-order chi connectivity index (χ0) is 41.3. The number of anilines is 3. The lowest BCUT2D eigenvalue weighted by molar-refractivity contribution is 0.465. The van der Waals surface area contributed by atoms with Crippen LogP contribution in [0.3, 0.4) is 0 Å². The van der Waals surface area contributed by atoms with E-state index in [1.54, 1.807) is 0 Å². The Kier molecular flexibility index (Phi) is 8.43. The van der Waals surface area contributed by atoms with Crippen molar-refractivity contribution in [2.75, 3.05) is 4.90 Å². The first-order chi connectivity index (χ1) is 30.6. The molecule has 5 heteroatoms. The monoisotopic (exact) mass is 797 g/mol. The molecule has 0 atom stereocenters. The van der Waals surface area contributed by atoms with Crippen LogP contribution in [0.5, 0.6) is 23.0 Å². The predicted octanol–water partition coefficient (Wildman–Crippen LogP) is 13.9. The van der Waals surface area contributed by atoms with Crippen LogP contribution in [0.15, 0.2) is 205 Å². The Morgan fingerprint density at radius 1 is 0.419 bits per heavy atom. The highest BCUT2D eigenvalue weighted by atomic mass is 16.5. The van der Waals surface area contributed by atoms with Gasteiger partial charge >= 0.3 is 0 Å². The minimum Gasteiger partial charge on any atom is -0.458 e. The first-order valence-electron chi connectivity index (χ1n) is 21.4. The van der Waals surface area contributed by atoms with Gasteiger partial charge in [-0.1, -0.05) is 172 Å². The number of hydrogen-bond acceptors (Lipinski definition) is 4. The highest BCUT2D eigenvalue weighted by molar-refractivity contribution is 6.98. The quantitative estimate of drug-likeness (QED) is 0.150. The molecule has 10 aromatic rings. The maximum atomic E-state index is 7.08. The fraction of sp³-hybridized carbons (Fsp3) is 0.0526. The van der Waals surface area contributed by atoms with Gasteiger partial charge in [0.2, 0.25) is 0 Å². The zero-order valence-electron chi connectivity index (χ0n) is 34.4. The number of rotatable bonds is 7.